The summed E-state index contributed by atoms with van der Waals surface area (Å²) >= 11 is 1.23. The van der Waals surface area contributed by atoms with E-state index in [1.807, 2.05) is 0 Å². The normalized spacial score (nSPS) is 16.4. The molecule has 4 rings (SSSR count). The molecule has 0 spiro atoms. The van der Waals surface area contributed by atoms with Gasteiger partial charge in [-0.3, -0.25) is 14.5 Å². The average molecular weight is 407 g/mol. The van der Waals surface area contributed by atoms with Crippen molar-refractivity contribution >= 4 is 28.7 Å². The number of amides is 1. The first-order valence-electron chi connectivity index (χ1n) is 8.79. The van der Waals surface area contributed by atoms with Crippen molar-refractivity contribution in [2.45, 2.75) is 6.04 Å². The number of ether oxygens (including phenoxy) is 1. The van der Waals surface area contributed by atoms with Crippen molar-refractivity contribution in [2.24, 2.45) is 0 Å². The second-order valence-corrected chi connectivity index (χ2v) is 7.36. The van der Waals surface area contributed by atoms with E-state index < -0.39 is 23.5 Å². The van der Waals surface area contributed by atoms with E-state index in [9.17, 15) is 19.8 Å². The van der Waals surface area contributed by atoms with Gasteiger partial charge in [0, 0.05) is 0 Å². The Morgan fingerprint density at radius 2 is 1.76 bits per heavy atom. The summed E-state index contributed by atoms with van der Waals surface area (Å²) in [4.78, 5) is 27.8. The molecule has 0 saturated carbocycles. The van der Waals surface area contributed by atoms with Crippen molar-refractivity contribution in [3.63, 3.8) is 0 Å². The predicted molar refractivity (Wildman–Crippen MR) is 110 cm³/mol. The number of para-hydroxylation sites is 2. The van der Waals surface area contributed by atoms with E-state index in [-0.39, 0.29) is 17.0 Å². The largest absolute Gasteiger partial charge is 0.506 e. The molecule has 1 aliphatic heterocycles. The highest BCUT2D eigenvalue weighted by Crippen LogP contribution is 2.44. The maximum atomic E-state index is 13.2. The van der Waals surface area contributed by atoms with Gasteiger partial charge in [0.25, 0.3) is 5.91 Å². The number of carbonyl (C=O) groups excluding carboxylic acids is 2. The summed E-state index contributed by atoms with van der Waals surface area (Å²) in [5.74, 6) is -1.30. The van der Waals surface area contributed by atoms with Gasteiger partial charge in [0.2, 0.25) is 5.78 Å². The quantitative estimate of drug-likeness (QED) is 0.618. The Morgan fingerprint density at radius 3 is 2.38 bits per heavy atom. The number of aromatic hydroxyl groups is 1. The van der Waals surface area contributed by atoms with Gasteiger partial charge in [-0.1, -0.05) is 30.3 Å². The maximum Gasteiger partial charge on any atom is 0.294 e. The number of Topliss-reactive ketones (excluding diaryl/α,β-unsaturated/α-hetero) is 1. The molecule has 1 unspecified atom stereocenters. The highest BCUT2D eigenvalue weighted by atomic mass is 32.1. The van der Waals surface area contributed by atoms with Crippen LogP contribution in [0.4, 0.5) is 5.69 Å². The van der Waals surface area contributed by atoms with Crippen LogP contribution in [0.25, 0.3) is 0 Å². The molecule has 1 aromatic heterocycles. The van der Waals surface area contributed by atoms with Crippen molar-refractivity contribution in [1.82, 2.24) is 0 Å². The smallest absolute Gasteiger partial charge is 0.294 e. The fourth-order valence-electron chi connectivity index (χ4n) is 3.40. The van der Waals surface area contributed by atoms with E-state index in [0.717, 1.165) is 0 Å². The van der Waals surface area contributed by atoms with Crippen LogP contribution in [0.2, 0.25) is 0 Å². The Kier molecular flexibility index (Phi) is 4.82. The summed E-state index contributed by atoms with van der Waals surface area (Å²) in [5, 5.41) is 22.7. The Labute approximate surface area is 170 Å². The molecule has 29 heavy (non-hydrogen) atoms. The molecule has 6 nitrogen and oxygen atoms in total. The first-order valence-corrected chi connectivity index (χ1v) is 9.67. The first-order chi connectivity index (χ1) is 14.0. The van der Waals surface area contributed by atoms with Crippen LogP contribution in [0, 0.1) is 0 Å². The number of benzene rings is 2. The van der Waals surface area contributed by atoms with Crippen LogP contribution in [0.1, 0.15) is 21.3 Å². The zero-order valence-corrected chi connectivity index (χ0v) is 16.2. The number of aliphatic hydroxyl groups excluding tert-OH is 1. The predicted octanol–water partition coefficient (Wildman–Crippen LogP) is 4.25. The number of ketones is 1. The van der Waals surface area contributed by atoms with Crippen LogP contribution >= 0.6 is 11.3 Å². The summed E-state index contributed by atoms with van der Waals surface area (Å²) < 4.78 is 5.19. The SMILES string of the molecule is COc1ccc(C2C(C(=O)c3cccs3)=C(O)C(=O)N2c2ccccc2O)cc1. The Balaban J connectivity index is 1.89. The van der Waals surface area contributed by atoms with Crippen molar-refractivity contribution in [1.29, 1.82) is 0 Å². The molecule has 1 amide bonds. The number of carbonyl (C=O) groups is 2. The van der Waals surface area contributed by atoms with Crippen molar-refractivity contribution in [2.75, 3.05) is 12.0 Å². The lowest BCUT2D eigenvalue weighted by Gasteiger charge is -2.27. The first kappa shape index (κ1) is 18.8. The van der Waals surface area contributed by atoms with E-state index in [1.165, 1.54) is 22.3 Å². The number of phenols is 1. The topological polar surface area (TPSA) is 87.1 Å². The van der Waals surface area contributed by atoms with Crippen LogP contribution in [0.3, 0.4) is 0 Å². The van der Waals surface area contributed by atoms with Gasteiger partial charge in [-0.15, -0.1) is 11.3 Å². The number of nitrogens with zero attached hydrogens (tertiary/aromatic N) is 1. The summed E-state index contributed by atoms with van der Waals surface area (Å²) in [6.07, 6.45) is 0. The number of hydrogen-bond acceptors (Lipinski definition) is 6. The van der Waals surface area contributed by atoms with Gasteiger partial charge in [0.1, 0.15) is 11.5 Å². The highest BCUT2D eigenvalue weighted by molar-refractivity contribution is 7.12. The molecule has 0 aliphatic carbocycles. The third kappa shape index (κ3) is 3.15. The molecule has 1 atom stereocenters. The summed E-state index contributed by atoms with van der Waals surface area (Å²) in [5.41, 5.74) is 0.788. The second-order valence-electron chi connectivity index (χ2n) is 6.41. The molecule has 146 valence electrons. The third-order valence-corrected chi connectivity index (χ3v) is 5.64. The maximum absolute atomic E-state index is 13.2. The van der Waals surface area contributed by atoms with Gasteiger partial charge in [-0.2, -0.15) is 0 Å². The summed E-state index contributed by atoms with van der Waals surface area (Å²) in [6, 6.07) is 15.7. The van der Waals surface area contributed by atoms with E-state index in [1.54, 1.807) is 67.1 Å². The number of hydrogen-bond donors (Lipinski definition) is 2. The van der Waals surface area contributed by atoms with Gasteiger partial charge in [0.05, 0.1) is 29.3 Å². The number of anilines is 1. The van der Waals surface area contributed by atoms with Crippen molar-refractivity contribution in [3.05, 3.63) is 87.8 Å². The minimum absolute atomic E-state index is 0.0223. The zero-order chi connectivity index (χ0) is 20.5. The minimum atomic E-state index is -0.892. The fourth-order valence-corrected chi connectivity index (χ4v) is 4.07. The molecule has 0 radical (unpaired) electrons. The lowest BCUT2D eigenvalue weighted by atomic mass is 9.95. The summed E-state index contributed by atoms with van der Waals surface area (Å²) in [6.45, 7) is 0. The Bertz CT molecular complexity index is 1100. The van der Waals surface area contributed by atoms with Gasteiger partial charge in [-0.05, 0) is 41.3 Å². The average Bonchev–Trinajstić information content (AvgIpc) is 3.36. The van der Waals surface area contributed by atoms with Gasteiger partial charge >= 0.3 is 0 Å². The molecule has 2 N–H and O–H groups in total. The molecule has 0 bridgehead atoms. The standard InChI is InChI=1S/C22H17NO5S/c1-28-14-10-8-13(9-11-14)19-18(20(25)17-7-4-12-29-17)21(26)22(27)23(19)15-5-2-3-6-16(15)24/h2-12,19,24,26H,1H3. The van der Waals surface area contributed by atoms with Crippen LogP contribution < -0.4 is 9.64 Å². The molecule has 0 fully saturated rings. The molecule has 2 aromatic carbocycles. The van der Waals surface area contributed by atoms with Crippen LogP contribution in [0.15, 0.2) is 77.4 Å². The second kappa shape index (κ2) is 7.44. The van der Waals surface area contributed by atoms with Crippen molar-refractivity contribution in [3.8, 4) is 11.5 Å². The fraction of sp³-hybridized carbons (Fsp3) is 0.0909. The van der Waals surface area contributed by atoms with Gasteiger partial charge in [0.15, 0.2) is 5.76 Å². The molecule has 2 heterocycles. The summed E-state index contributed by atoms with van der Waals surface area (Å²) in [7, 11) is 1.54. The molecular formula is C22H17NO5S. The number of thiophene rings is 1. The van der Waals surface area contributed by atoms with Crippen LogP contribution in [-0.4, -0.2) is 29.0 Å². The molecular weight excluding hydrogens is 390 g/mol. The van der Waals surface area contributed by atoms with Crippen LogP contribution in [0.5, 0.6) is 11.5 Å². The van der Waals surface area contributed by atoms with E-state index in [4.69, 9.17) is 4.74 Å². The third-order valence-electron chi connectivity index (χ3n) is 4.77. The Hall–Kier alpha value is -3.58. The van der Waals surface area contributed by atoms with E-state index >= 15 is 0 Å². The van der Waals surface area contributed by atoms with Crippen molar-refractivity contribution < 1.29 is 24.5 Å². The van der Waals surface area contributed by atoms with Crippen LogP contribution in [-0.2, 0) is 4.79 Å². The molecule has 3 aromatic rings. The lowest BCUT2D eigenvalue weighted by Crippen LogP contribution is -2.31. The number of rotatable bonds is 5. The zero-order valence-electron chi connectivity index (χ0n) is 15.4. The van der Waals surface area contributed by atoms with Gasteiger partial charge < -0.3 is 14.9 Å². The minimum Gasteiger partial charge on any atom is -0.506 e. The Morgan fingerprint density at radius 1 is 1.03 bits per heavy atom. The lowest BCUT2D eigenvalue weighted by molar-refractivity contribution is -0.117. The monoisotopic (exact) mass is 407 g/mol. The molecule has 1 aliphatic rings. The number of methoxy groups -OCH3 is 1. The van der Waals surface area contributed by atoms with E-state index in [2.05, 4.69) is 0 Å². The molecule has 7 heteroatoms. The number of phenolic OH excluding ortho intramolecular Hbond substituents is 1. The highest BCUT2D eigenvalue weighted by Gasteiger charge is 2.45. The number of aliphatic hydroxyl groups is 1. The van der Waals surface area contributed by atoms with E-state index in [0.29, 0.717) is 16.2 Å². The molecule has 0 saturated heterocycles. The van der Waals surface area contributed by atoms with Gasteiger partial charge in [-0.25, -0.2) is 0 Å².